The fraction of sp³-hybridized carbons (Fsp3) is 0.222. The molecule has 0 fully saturated rings. The van der Waals surface area contributed by atoms with E-state index in [2.05, 4.69) is 5.32 Å². The number of carbonyl (C=O) groups is 1. The summed E-state index contributed by atoms with van der Waals surface area (Å²) in [6, 6.07) is 0.774. The van der Waals surface area contributed by atoms with Crippen molar-refractivity contribution in [2.75, 3.05) is 11.9 Å². The molecule has 15 heavy (non-hydrogen) atoms. The number of fused-ring (bicyclic) bond motifs is 1. The molecular weight excluding hydrogens is 206 g/mol. The summed E-state index contributed by atoms with van der Waals surface area (Å²) in [6.45, 7) is -0.109. The van der Waals surface area contributed by atoms with Crippen molar-refractivity contribution >= 4 is 11.6 Å². The zero-order chi connectivity index (χ0) is 11.0. The first-order valence-corrected chi connectivity index (χ1v) is 4.26. The third-order valence-corrected chi connectivity index (χ3v) is 2.02. The molecule has 1 aromatic rings. The van der Waals surface area contributed by atoms with Crippen LogP contribution >= 0.6 is 0 Å². The molecule has 0 aliphatic carbocycles. The first kappa shape index (κ1) is 9.85. The Kier molecular flexibility index (Phi) is 2.28. The topological polar surface area (TPSA) is 64.3 Å². The number of rotatable bonds is 0. The number of nitrogens with one attached hydrogen (secondary N) is 1. The first-order valence-electron chi connectivity index (χ1n) is 4.26. The van der Waals surface area contributed by atoms with E-state index < -0.39 is 23.6 Å². The van der Waals surface area contributed by atoms with E-state index in [1.807, 2.05) is 0 Å². The molecule has 1 heterocycles. The summed E-state index contributed by atoms with van der Waals surface area (Å²) < 4.78 is 31.1. The van der Waals surface area contributed by atoms with Crippen molar-refractivity contribution in [2.24, 2.45) is 5.73 Å². The van der Waals surface area contributed by atoms with Gasteiger partial charge >= 0.3 is 0 Å². The Morgan fingerprint density at radius 1 is 1.47 bits per heavy atom. The smallest absolute Gasteiger partial charge is 0.244 e. The molecule has 0 radical (unpaired) electrons. The lowest BCUT2D eigenvalue weighted by molar-refractivity contribution is -0.117. The zero-order valence-corrected chi connectivity index (χ0v) is 7.59. The van der Waals surface area contributed by atoms with Gasteiger partial charge in [-0.05, 0) is 0 Å². The Balaban J connectivity index is 2.47. The highest BCUT2D eigenvalue weighted by Crippen LogP contribution is 2.30. The van der Waals surface area contributed by atoms with E-state index in [0.29, 0.717) is 6.07 Å². The maximum Gasteiger partial charge on any atom is 0.244 e. The summed E-state index contributed by atoms with van der Waals surface area (Å²) in [7, 11) is 0. The molecule has 1 aliphatic heterocycles. The highest BCUT2D eigenvalue weighted by molar-refractivity contribution is 5.96. The molecule has 6 heteroatoms. The van der Waals surface area contributed by atoms with Crippen LogP contribution in [0.1, 0.15) is 0 Å². The van der Waals surface area contributed by atoms with Crippen molar-refractivity contribution in [1.82, 2.24) is 0 Å². The van der Waals surface area contributed by atoms with Crippen molar-refractivity contribution in [3.63, 3.8) is 0 Å². The van der Waals surface area contributed by atoms with Gasteiger partial charge in [-0.15, -0.1) is 0 Å². The van der Waals surface area contributed by atoms with Gasteiger partial charge in [0.2, 0.25) is 5.91 Å². The molecule has 1 aromatic carbocycles. The van der Waals surface area contributed by atoms with Crippen LogP contribution in [0.25, 0.3) is 0 Å². The quantitative estimate of drug-likeness (QED) is 0.665. The lowest BCUT2D eigenvalue weighted by Gasteiger charge is -2.07. The molecule has 1 aliphatic rings. The van der Waals surface area contributed by atoms with Gasteiger partial charge < -0.3 is 15.8 Å². The minimum atomic E-state index is -0.889. The van der Waals surface area contributed by atoms with Gasteiger partial charge in [-0.3, -0.25) is 4.79 Å². The lowest BCUT2D eigenvalue weighted by Crippen LogP contribution is -2.38. The monoisotopic (exact) mass is 214 g/mol. The standard InChI is InChI=1S/C9H8F2N2O2/c10-4-1-5(11)8-7(2-4)15-3-6(12)9(14)13-8/h1-2,6H,3,12H2,(H,13,14). The van der Waals surface area contributed by atoms with Gasteiger partial charge in [0.25, 0.3) is 0 Å². The van der Waals surface area contributed by atoms with Crippen molar-refractivity contribution in [3.8, 4) is 5.75 Å². The number of anilines is 1. The van der Waals surface area contributed by atoms with E-state index in [-0.39, 0.29) is 18.0 Å². The van der Waals surface area contributed by atoms with Crippen LogP contribution in [0.3, 0.4) is 0 Å². The molecule has 1 atom stereocenters. The van der Waals surface area contributed by atoms with Gasteiger partial charge in [-0.2, -0.15) is 0 Å². The summed E-state index contributed by atoms with van der Waals surface area (Å²) in [6.07, 6.45) is 0. The molecule has 1 unspecified atom stereocenters. The van der Waals surface area contributed by atoms with Gasteiger partial charge in [-0.25, -0.2) is 8.78 Å². The minimum Gasteiger partial charge on any atom is -0.489 e. The third-order valence-electron chi connectivity index (χ3n) is 2.02. The number of benzene rings is 1. The Morgan fingerprint density at radius 3 is 2.93 bits per heavy atom. The van der Waals surface area contributed by atoms with Crippen LogP contribution < -0.4 is 15.8 Å². The Bertz CT molecular complexity index is 423. The van der Waals surface area contributed by atoms with Gasteiger partial charge in [-0.1, -0.05) is 0 Å². The predicted octanol–water partition coefficient (Wildman–Crippen LogP) is 0.623. The fourth-order valence-corrected chi connectivity index (χ4v) is 1.26. The molecule has 0 bridgehead atoms. The van der Waals surface area contributed by atoms with Gasteiger partial charge in [0, 0.05) is 12.1 Å². The Labute approximate surface area is 84.0 Å². The molecule has 1 amide bonds. The van der Waals surface area contributed by atoms with E-state index >= 15 is 0 Å². The molecule has 80 valence electrons. The SMILES string of the molecule is NC1COc2cc(F)cc(F)c2NC1=O. The second-order valence-corrected chi connectivity index (χ2v) is 3.17. The second-order valence-electron chi connectivity index (χ2n) is 3.17. The number of ether oxygens (including phenoxy) is 1. The predicted molar refractivity (Wildman–Crippen MR) is 48.5 cm³/mol. The lowest BCUT2D eigenvalue weighted by atomic mass is 10.2. The van der Waals surface area contributed by atoms with Gasteiger partial charge in [0.05, 0.1) is 0 Å². The van der Waals surface area contributed by atoms with E-state index in [9.17, 15) is 13.6 Å². The molecule has 0 saturated heterocycles. The first-order chi connectivity index (χ1) is 7.08. The van der Waals surface area contributed by atoms with Gasteiger partial charge in [0.15, 0.2) is 5.82 Å². The van der Waals surface area contributed by atoms with Crippen molar-refractivity contribution in [1.29, 1.82) is 0 Å². The minimum absolute atomic E-state index is 0.0474. The summed E-state index contributed by atoms with van der Waals surface area (Å²) in [5.74, 6) is -2.25. The summed E-state index contributed by atoms with van der Waals surface area (Å²) in [4.78, 5) is 11.2. The number of hydrogen-bond acceptors (Lipinski definition) is 3. The number of halogens is 2. The maximum atomic E-state index is 13.2. The van der Waals surface area contributed by atoms with Crippen LogP contribution in [-0.4, -0.2) is 18.6 Å². The molecule has 4 nitrogen and oxygen atoms in total. The van der Waals surface area contributed by atoms with Crippen LogP contribution in [0.2, 0.25) is 0 Å². The zero-order valence-electron chi connectivity index (χ0n) is 7.59. The van der Waals surface area contributed by atoms with E-state index in [0.717, 1.165) is 6.07 Å². The highest BCUT2D eigenvalue weighted by Gasteiger charge is 2.24. The molecule has 0 aromatic heterocycles. The highest BCUT2D eigenvalue weighted by atomic mass is 19.1. The molecule has 2 rings (SSSR count). The van der Waals surface area contributed by atoms with E-state index in [1.54, 1.807) is 0 Å². The largest absolute Gasteiger partial charge is 0.489 e. The second kappa shape index (κ2) is 3.47. The van der Waals surface area contributed by atoms with E-state index in [1.165, 1.54) is 0 Å². The average Bonchev–Trinajstić information content (AvgIpc) is 2.30. The van der Waals surface area contributed by atoms with Crippen LogP contribution in [0.4, 0.5) is 14.5 Å². The third kappa shape index (κ3) is 1.75. The van der Waals surface area contributed by atoms with Crippen molar-refractivity contribution in [2.45, 2.75) is 6.04 Å². The average molecular weight is 214 g/mol. The van der Waals surface area contributed by atoms with Crippen molar-refractivity contribution < 1.29 is 18.3 Å². The molecule has 0 saturated carbocycles. The fourth-order valence-electron chi connectivity index (χ4n) is 1.26. The van der Waals surface area contributed by atoms with Crippen molar-refractivity contribution in [3.05, 3.63) is 23.8 Å². The number of carbonyl (C=O) groups excluding carboxylic acids is 1. The molecule has 3 N–H and O–H groups in total. The summed E-state index contributed by atoms with van der Waals surface area (Å²) in [5.41, 5.74) is 5.22. The van der Waals surface area contributed by atoms with Crippen LogP contribution in [0.15, 0.2) is 12.1 Å². The number of hydrogen-bond donors (Lipinski definition) is 2. The Morgan fingerprint density at radius 2 is 2.20 bits per heavy atom. The summed E-state index contributed by atoms with van der Waals surface area (Å²) >= 11 is 0. The van der Waals surface area contributed by atoms with Crippen LogP contribution in [0, 0.1) is 11.6 Å². The van der Waals surface area contributed by atoms with Crippen LogP contribution in [0.5, 0.6) is 5.75 Å². The normalized spacial score (nSPS) is 19.9. The van der Waals surface area contributed by atoms with Gasteiger partial charge in [0.1, 0.15) is 29.9 Å². The molecule has 0 spiro atoms. The van der Waals surface area contributed by atoms with E-state index in [4.69, 9.17) is 10.5 Å². The number of nitrogens with two attached hydrogens (primary N) is 1. The summed E-state index contributed by atoms with van der Waals surface area (Å²) in [5, 5.41) is 2.24. The maximum absolute atomic E-state index is 13.2. The Hall–Kier alpha value is -1.69. The number of amides is 1. The molecular formula is C9H8F2N2O2. The van der Waals surface area contributed by atoms with Crippen LogP contribution in [-0.2, 0) is 4.79 Å².